The van der Waals surface area contributed by atoms with Crippen molar-refractivity contribution < 1.29 is 52.2 Å². The van der Waals surface area contributed by atoms with Gasteiger partial charge in [0, 0.05) is 12.8 Å². The third kappa shape index (κ3) is 49.9. The standard InChI is InChI=1S/C58H101O11P/c1-4-7-10-13-16-19-22-24-26-27-29-31-34-37-40-43-46-49-58(62)69-55(51-65-56(60)47-44-41-38-35-32-21-18-15-12-9-6-3)53-67-70(63,64)66-52-54(50-59)68-57(61)48-45-42-39-36-33-30-28-25-23-20-17-14-11-8-5-2/h8,11,17,20,24-26,28,33,36,42,45,54-55,59H,4-7,9-10,12-16,18-19,21-23,27,29-32,34-35,37-41,43-44,46-53H2,1-3H3,(H,63,64)/b11-8-,20-17-,26-24-,28-25-,36-33-,45-42-. The molecule has 11 nitrogen and oxygen atoms in total. The van der Waals surface area contributed by atoms with E-state index in [0.717, 1.165) is 77.0 Å². The van der Waals surface area contributed by atoms with Crippen LogP contribution in [0.4, 0.5) is 0 Å². The summed E-state index contributed by atoms with van der Waals surface area (Å²) in [5.41, 5.74) is 0. The van der Waals surface area contributed by atoms with Gasteiger partial charge < -0.3 is 24.2 Å². The Labute approximate surface area is 427 Å². The molecule has 0 radical (unpaired) electrons. The van der Waals surface area contributed by atoms with Crippen LogP contribution in [0.3, 0.4) is 0 Å². The Kier molecular flexibility index (Phi) is 50.0. The van der Waals surface area contributed by atoms with Gasteiger partial charge in [-0.05, 0) is 70.6 Å². The van der Waals surface area contributed by atoms with E-state index in [0.29, 0.717) is 19.3 Å². The van der Waals surface area contributed by atoms with E-state index in [2.05, 4.69) is 69.4 Å². The van der Waals surface area contributed by atoms with Gasteiger partial charge in [-0.3, -0.25) is 23.4 Å². The molecule has 3 atom stereocenters. The number of esters is 3. The van der Waals surface area contributed by atoms with Crippen molar-refractivity contribution in [3.05, 3.63) is 72.9 Å². The number of hydrogen-bond donors (Lipinski definition) is 2. The van der Waals surface area contributed by atoms with Crippen LogP contribution < -0.4 is 0 Å². The molecule has 3 unspecified atom stereocenters. The van der Waals surface area contributed by atoms with Crippen LogP contribution in [0, 0.1) is 0 Å². The summed E-state index contributed by atoms with van der Waals surface area (Å²) in [7, 11) is -4.77. The molecule has 70 heavy (non-hydrogen) atoms. The molecule has 0 fully saturated rings. The molecule has 0 aromatic heterocycles. The van der Waals surface area contributed by atoms with Gasteiger partial charge in [0.2, 0.25) is 0 Å². The molecule has 0 aliphatic carbocycles. The third-order valence-corrected chi connectivity index (χ3v) is 12.6. The average molecular weight is 1010 g/mol. The molecular weight excluding hydrogens is 904 g/mol. The highest BCUT2D eigenvalue weighted by atomic mass is 31.2. The van der Waals surface area contributed by atoms with Gasteiger partial charge in [-0.2, -0.15) is 0 Å². The molecule has 0 aromatic carbocycles. The second-order valence-electron chi connectivity index (χ2n) is 18.4. The highest BCUT2D eigenvalue weighted by Gasteiger charge is 2.28. The highest BCUT2D eigenvalue weighted by Crippen LogP contribution is 2.43. The molecule has 0 spiro atoms. The Bertz CT molecular complexity index is 1450. The van der Waals surface area contributed by atoms with Crippen molar-refractivity contribution in [3.8, 4) is 0 Å². The molecule has 0 aromatic rings. The van der Waals surface area contributed by atoms with Crippen molar-refractivity contribution >= 4 is 25.7 Å². The average Bonchev–Trinajstić information content (AvgIpc) is 3.35. The Hall–Kier alpha value is -3.08. The zero-order chi connectivity index (χ0) is 51.3. The van der Waals surface area contributed by atoms with Crippen LogP contribution in [0.2, 0.25) is 0 Å². The van der Waals surface area contributed by atoms with Crippen molar-refractivity contribution in [2.45, 2.75) is 251 Å². The lowest BCUT2D eigenvalue weighted by Crippen LogP contribution is -2.30. The fraction of sp³-hybridized carbons (Fsp3) is 0.741. The fourth-order valence-electron chi connectivity index (χ4n) is 7.43. The predicted molar refractivity (Wildman–Crippen MR) is 288 cm³/mol. The molecule has 0 saturated heterocycles. The maximum Gasteiger partial charge on any atom is 0.472 e. The first-order valence-corrected chi connectivity index (χ1v) is 29.3. The smallest absolute Gasteiger partial charge is 0.462 e. The predicted octanol–water partition coefficient (Wildman–Crippen LogP) is 16.1. The lowest BCUT2D eigenvalue weighted by molar-refractivity contribution is -0.161. The van der Waals surface area contributed by atoms with E-state index < -0.39 is 57.8 Å². The Morgan fingerprint density at radius 1 is 0.429 bits per heavy atom. The van der Waals surface area contributed by atoms with E-state index in [1.165, 1.54) is 103 Å². The topological polar surface area (TPSA) is 155 Å². The monoisotopic (exact) mass is 1000 g/mol. The van der Waals surface area contributed by atoms with Gasteiger partial charge in [0.05, 0.1) is 26.2 Å². The van der Waals surface area contributed by atoms with Crippen LogP contribution >= 0.6 is 7.82 Å². The molecule has 0 bridgehead atoms. The second kappa shape index (κ2) is 52.2. The lowest BCUT2D eigenvalue weighted by Gasteiger charge is -2.21. The van der Waals surface area contributed by atoms with Crippen molar-refractivity contribution in [2.24, 2.45) is 0 Å². The van der Waals surface area contributed by atoms with Gasteiger partial charge in [0.1, 0.15) is 12.7 Å². The first-order chi connectivity index (χ1) is 34.2. The number of rotatable bonds is 51. The van der Waals surface area contributed by atoms with Gasteiger partial charge in [-0.15, -0.1) is 0 Å². The second-order valence-corrected chi connectivity index (χ2v) is 19.8. The minimum atomic E-state index is -4.77. The summed E-state index contributed by atoms with van der Waals surface area (Å²) in [5, 5.41) is 9.77. The number of hydrogen-bond acceptors (Lipinski definition) is 10. The minimum absolute atomic E-state index is 0.0557. The van der Waals surface area contributed by atoms with Crippen LogP contribution in [-0.4, -0.2) is 66.5 Å². The molecule has 0 amide bonds. The zero-order valence-electron chi connectivity index (χ0n) is 44.5. The van der Waals surface area contributed by atoms with Gasteiger partial charge in [0.25, 0.3) is 0 Å². The minimum Gasteiger partial charge on any atom is -0.462 e. The van der Waals surface area contributed by atoms with Crippen molar-refractivity contribution in [1.82, 2.24) is 0 Å². The molecule has 0 saturated carbocycles. The maximum absolute atomic E-state index is 12.9. The molecule has 0 rings (SSSR count). The molecule has 2 N–H and O–H groups in total. The number of phosphoric ester groups is 1. The van der Waals surface area contributed by atoms with Crippen molar-refractivity contribution in [3.63, 3.8) is 0 Å². The van der Waals surface area contributed by atoms with Crippen LogP contribution in [0.25, 0.3) is 0 Å². The number of unbranched alkanes of at least 4 members (excludes halogenated alkanes) is 23. The molecule has 12 heteroatoms. The maximum atomic E-state index is 12.9. The Balaban J connectivity index is 4.78. The highest BCUT2D eigenvalue weighted by molar-refractivity contribution is 7.47. The number of aliphatic hydroxyl groups is 1. The van der Waals surface area contributed by atoms with Gasteiger partial charge in [-0.25, -0.2) is 4.57 Å². The number of carbonyl (C=O) groups is 3. The quantitative estimate of drug-likeness (QED) is 0.0197. The van der Waals surface area contributed by atoms with Crippen LogP contribution in [0.15, 0.2) is 72.9 Å². The molecular formula is C58H101O11P. The van der Waals surface area contributed by atoms with Crippen molar-refractivity contribution in [2.75, 3.05) is 26.4 Å². The fourth-order valence-corrected chi connectivity index (χ4v) is 8.21. The van der Waals surface area contributed by atoms with Gasteiger partial charge in [-0.1, -0.05) is 222 Å². The molecule has 0 aliphatic rings. The summed E-state index contributed by atoms with van der Waals surface area (Å²) in [6.45, 7) is 4.41. The lowest BCUT2D eigenvalue weighted by atomic mass is 10.1. The van der Waals surface area contributed by atoms with Crippen LogP contribution in [0.1, 0.15) is 239 Å². The number of phosphoric acid groups is 1. The Morgan fingerprint density at radius 3 is 1.24 bits per heavy atom. The first-order valence-electron chi connectivity index (χ1n) is 27.8. The summed E-state index contributed by atoms with van der Waals surface area (Å²) < 4.78 is 39.3. The largest absolute Gasteiger partial charge is 0.472 e. The molecule has 404 valence electrons. The Morgan fingerprint density at radius 2 is 0.800 bits per heavy atom. The van der Waals surface area contributed by atoms with Crippen LogP contribution in [0.5, 0.6) is 0 Å². The zero-order valence-corrected chi connectivity index (χ0v) is 45.4. The van der Waals surface area contributed by atoms with Crippen LogP contribution in [-0.2, 0) is 42.2 Å². The van der Waals surface area contributed by atoms with Crippen molar-refractivity contribution in [1.29, 1.82) is 0 Å². The molecule has 0 heterocycles. The first kappa shape index (κ1) is 66.9. The molecule has 0 aliphatic heterocycles. The third-order valence-electron chi connectivity index (χ3n) is 11.6. The summed E-state index contributed by atoms with van der Waals surface area (Å²) >= 11 is 0. The summed E-state index contributed by atoms with van der Waals surface area (Å²) in [4.78, 5) is 48.3. The summed E-state index contributed by atoms with van der Waals surface area (Å²) in [5.74, 6) is -1.60. The van der Waals surface area contributed by atoms with E-state index in [9.17, 15) is 28.9 Å². The summed E-state index contributed by atoms with van der Waals surface area (Å²) in [6, 6.07) is 0. The van der Waals surface area contributed by atoms with E-state index in [4.69, 9.17) is 23.3 Å². The number of aliphatic hydroxyl groups excluding tert-OH is 1. The van der Waals surface area contributed by atoms with E-state index in [-0.39, 0.29) is 25.9 Å². The number of ether oxygens (including phenoxy) is 3. The van der Waals surface area contributed by atoms with E-state index in [1.807, 2.05) is 18.2 Å². The normalized spacial score (nSPS) is 14.0. The van der Waals surface area contributed by atoms with Gasteiger partial charge in [0.15, 0.2) is 6.10 Å². The SMILES string of the molecule is CC/C=C\C/C=C\C/C=C\C/C=C\C/C=C\CC(=O)OC(CO)COP(=O)(O)OCC(COC(=O)CCCCCCCCCCCCC)OC(=O)CCCCCCCCC/C=C\CCCCCCCC. The summed E-state index contributed by atoms with van der Waals surface area (Å²) in [6.07, 6.45) is 57.5. The number of allylic oxidation sites excluding steroid dienone is 11. The van der Waals surface area contributed by atoms with Gasteiger partial charge >= 0.3 is 25.7 Å². The van der Waals surface area contributed by atoms with E-state index >= 15 is 0 Å². The number of carbonyl (C=O) groups excluding carboxylic acids is 3. The van der Waals surface area contributed by atoms with E-state index in [1.54, 1.807) is 6.08 Å².